The molecule has 18 N–H and O–H groups in total. The van der Waals surface area contributed by atoms with Crippen LogP contribution in [0.3, 0.4) is 0 Å². The number of aromatic hydroxyl groups is 18. The third-order valence-corrected chi connectivity index (χ3v) is 13.9. The van der Waals surface area contributed by atoms with Gasteiger partial charge >= 0.3 is 41.1 Å². The van der Waals surface area contributed by atoms with E-state index in [1.807, 2.05) is 0 Å². The van der Waals surface area contributed by atoms with Crippen LogP contribution in [0.1, 0.15) is 51.8 Å². The summed E-state index contributed by atoms with van der Waals surface area (Å²) in [6.45, 7) is -1.41. The van der Waals surface area contributed by atoms with Crippen molar-refractivity contribution in [3.05, 3.63) is 103 Å². The highest BCUT2D eigenvalue weighted by Crippen LogP contribution is 2.55. The molecule has 89 heavy (non-hydrogen) atoms. The standard InChI is InChI=1S/C55H34O34/c56-18-1-11(2-19(57)32(18)64)48(74)87-46-43-27(10-81-50(76)13-5-22(60)34(66)39(71)28(13)29-14(51(77)84-43)6-23(61)35(67)40(29)72)83-55(89-49(75)12-3-20(58)33(65)21(59)4-12)47(46)88-54(80)17-8-24(62)36(68)41(73)42(17)82-26-9-16-31-30-15(52(78)86-45(31)38(26)70)7-25(63)37(69)44(30)85-53(16)79/h1-9,27,43,46-47,55-73H,10H2. The second kappa shape index (κ2) is 20.7. The maximum Gasteiger partial charge on any atom is 0.344 e. The van der Waals surface area contributed by atoms with Crippen molar-refractivity contribution in [3.63, 3.8) is 0 Å². The molecule has 0 saturated carbocycles. The van der Waals surface area contributed by atoms with Gasteiger partial charge in [-0.3, -0.25) is 0 Å². The Bertz CT molecular complexity index is 4700. The molecule has 5 atom stereocenters. The molecule has 2 aromatic heterocycles. The van der Waals surface area contributed by atoms with Crippen molar-refractivity contribution >= 4 is 62.6 Å². The first-order chi connectivity index (χ1) is 42.0. The maximum atomic E-state index is 15.1. The third kappa shape index (κ3) is 9.24. The summed E-state index contributed by atoms with van der Waals surface area (Å²) in [6.07, 6.45) is -13.5. The molecule has 34 nitrogen and oxygen atoms in total. The Kier molecular flexibility index (Phi) is 13.4. The van der Waals surface area contributed by atoms with Crippen LogP contribution in [-0.2, 0) is 28.4 Å². The number of phenolic OH excluding ortho intramolecular Hbond substituents is 18. The number of hydrogen-bond donors (Lipinski definition) is 18. The van der Waals surface area contributed by atoms with Gasteiger partial charge in [0.15, 0.2) is 104 Å². The highest BCUT2D eigenvalue weighted by atomic mass is 16.7. The lowest BCUT2D eigenvalue weighted by Gasteiger charge is -2.43. The van der Waals surface area contributed by atoms with Crippen molar-refractivity contribution in [2.24, 2.45) is 0 Å². The summed E-state index contributed by atoms with van der Waals surface area (Å²) in [7, 11) is 0. The highest BCUT2D eigenvalue weighted by Gasteiger charge is 2.56. The van der Waals surface area contributed by atoms with Crippen LogP contribution in [0.4, 0.5) is 0 Å². The normalized spacial score (nSPS) is 17.4. The van der Waals surface area contributed by atoms with Gasteiger partial charge in [-0.1, -0.05) is 0 Å². The van der Waals surface area contributed by atoms with Crippen LogP contribution in [0, 0.1) is 0 Å². The predicted molar refractivity (Wildman–Crippen MR) is 280 cm³/mol. The topological polar surface area (TPSA) is 575 Å². The Hall–Kier alpha value is -13.0. The molecule has 1 saturated heterocycles. The minimum Gasteiger partial charge on any atom is -0.504 e. The van der Waals surface area contributed by atoms with Gasteiger partial charge in [-0.2, -0.15) is 0 Å². The van der Waals surface area contributed by atoms with E-state index in [0.29, 0.717) is 42.5 Å². The molecule has 7 aromatic carbocycles. The molecule has 11 rings (SSSR count). The molecule has 34 heteroatoms. The molecule has 4 heterocycles. The molecule has 9 aromatic rings. The van der Waals surface area contributed by atoms with E-state index in [1.165, 1.54) is 0 Å². The first-order valence-corrected chi connectivity index (χ1v) is 24.6. The van der Waals surface area contributed by atoms with Crippen molar-refractivity contribution < 1.29 is 158 Å². The minimum absolute atomic E-state index is 0.261. The van der Waals surface area contributed by atoms with Gasteiger partial charge in [0, 0.05) is 34.0 Å². The van der Waals surface area contributed by atoms with Crippen LogP contribution in [0.2, 0.25) is 0 Å². The number of hydrogen-bond acceptors (Lipinski definition) is 34. The van der Waals surface area contributed by atoms with Gasteiger partial charge in [-0.15, -0.1) is 0 Å². The molecular formula is C55H34O34. The average Bonchev–Trinajstić information content (AvgIpc) is 0.960. The number of phenols is 18. The van der Waals surface area contributed by atoms with Crippen LogP contribution in [0.5, 0.6) is 115 Å². The van der Waals surface area contributed by atoms with Gasteiger partial charge in [0.05, 0.1) is 33.0 Å². The van der Waals surface area contributed by atoms with E-state index >= 15 is 4.79 Å². The fourth-order valence-corrected chi connectivity index (χ4v) is 9.69. The Morgan fingerprint density at radius 1 is 0.427 bits per heavy atom. The van der Waals surface area contributed by atoms with Crippen LogP contribution >= 0.6 is 0 Å². The molecular weight excluding hydrogens is 1200 g/mol. The fraction of sp³-hybridized carbons (Fsp3) is 0.109. The van der Waals surface area contributed by atoms with Gasteiger partial charge in [0.25, 0.3) is 0 Å². The molecule has 0 spiro atoms. The van der Waals surface area contributed by atoms with Crippen LogP contribution in [0.15, 0.2) is 73.0 Å². The summed E-state index contributed by atoms with van der Waals surface area (Å²) >= 11 is 0. The Morgan fingerprint density at radius 3 is 1.40 bits per heavy atom. The van der Waals surface area contributed by atoms with Gasteiger partial charge < -0.3 is 134 Å². The number of esters is 5. The smallest absolute Gasteiger partial charge is 0.344 e. The fourth-order valence-electron chi connectivity index (χ4n) is 9.69. The van der Waals surface area contributed by atoms with E-state index in [9.17, 15) is 121 Å². The largest absolute Gasteiger partial charge is 0.504 e. The summed E-state index contributed by atoms with van der Waals surface area (Å²) in [4.78, 5) is 99.3. The van der Waals surface area contributed by atoms with E-state index in [2.05, 4.69) is 0 Å². The number of carbonyl (C=O) groups excluding carboxylic acids is 5. The lowest BCUT2D eigenvalue weighted by molar-refractivity contribution is -0.282. The summed E-state index contributed by atoms with van der Waals surface area (Å²) < 4.78 is 50.3. The summed E-state index contributed by atoms with van der Waals surface area (Å²) in [5, 5.41) is 190. The van der Waals surface area contributed by atoms with Crippen molar-refractivity contribution in [3.8, 4) is 126 Å². The first kappa shape index (κ1) is 57.8. The Morgan fingerprint density at radius 2 is 0.865 bits per heavy atom. The molecule has 0 aliphatic carbocycles. The monoisotopic (exact) mass is 1240 g/mol. The molecule has 2 aliphatic heterocycles. The number of cyclic esters (lactones) is 1. The molecule has 1 fully saturated rings. The van der Waals surface area contributed by atoms with Gasteiger partial charge in [0.2, 0.25) is 46.9 Å². The zero-order chi connectivity index (χ0) is 64.4. The maximum absolute atomic E-state index is 15.1. The zero-order valence-corrected chi connectivity index (χ0v) is 43.4. The van der Waals surface area contributed by atoms with E-state index in [-0.39, 0.29) is 6.07 Å². The van der Waals surface area contributed by atoms with E-state index in [4.69, 9.17) is 42.0 Å². The Balaban J connectivity index is 1.10. The second-order valence-electron chi connectivity index (χ2n) is 19.2. The number of carbonyl (C=O) groups is 5. The SMILES string of the molecule is O=C(OC1OC2COC(=O)c3cc(O)c(O)c(O)c3-c3c(cc(O)c(O)c3O)C(=O)OC2C(OC(=O)c2cc(O)c(O)c(O)c2)C1OC(=O)c1cc(O)c(O)c(O)c1Oc1cc2c(=O)oc3c(O)c(O)cc4c(=O)oc(c1O)c2c34)c1cc(O)c(O)c(O)c1. The predicted octanol–water partition coefficient (Wildman–Crippen LogP) is 3.38. The summed E-state index contributed by atoms with van der Waals surface area (Å²) in [5.74, 6) is -35.5. The highest BCUT2D eigenvalue weighted by molar-refractivity contribution is 6.22. The van der Waals surface area contributed by atoms with Gasteiger partial charge in [-0.25, -0.2) is 33.6 Å². The van der Waals surface area contributed by atoms with Crippen molar-refractivity contribution in [2.45, 2.75) is 30.7 Å². The molecule has 0 bridgehead atoms. The lowest BCUT2D eigenvalue weighted by atomic mass is 9.92. The quantitative estimate of drug-likeness (QED) is 0.0341. The second-order valence-corrected chi connectivity index (χ2v) is 19.2. The van der Waals surface area contributed by atoms with Crippen LogP contribution < -0.4 is 16.0 Å². The average molecular weight is 1240 g/mol. The first-order valence-electron chi connectivity index (χ1n) is 24.6. The molecule has 458 valence electrons. The third-order valence-electron chi connectivity index (χ3n) is 13.9. The number of ether oxygens (including phenoxy) is 7. The zero-order valence-electron chi connectivity index (χ0n) is 43.4. The van der Waals surface area contributed by atoms with E-state index in [1.54, 1.807) is 0 Å². The van der Waals surface area contributed by atoms with E-state index in [0.717, 1.165) is 6.07 Å². The van der Waals surface area contributed by atoms with Gasteiger partial charge in [-0.05, 0) is 42.5 Å². The summed E-state index contributed by atoms with van der Waals surface area (Å²) in [6, 6.07) is 4.22. The molecule has 0 amide bonds. The van der Waals surface area contributed by atoms with Crippen molar-refractivity contribution in [1.29, 1.82) is 0 Å². The van der Waals surface area contributed by atoms with Crippen molar-refractivity contribution in [1.82, 2.24) is 0 Å². The number of rotatable bonds is 8. The number of benzene rings is 7. The Labute approximate surface area is 486 Å². The molecule has 2 aliphatic rings. The lowest BCUT2D eigenvalue weighted by Crippen LogP contribution is -2.63. The molecule has 0 radical (unpaired) electrons. The minimum atomic E-state index is -2.88. The van der Waals surface area contributed by atoms with Gasteiger partial charge in [0.1, 0.15) is 18.3 Å². The van der Waals surface area contributed by atoms with Crippen LogP contribution in [0.25, 0.3) is 43.8 Å². The van der Waals surface area contributed by atoms with Crippen molar-refractivity contribution in [2.75, 3.05) is 6.61 Å². The summed E-state index contributed by atoms with van der Waals surface area (Å²) in [5.41, 5.74) is -12.3. The number of fused-ring (bicyclic) bond motifs is 4. The van der Waals surface area contributed by atoms with Crippen LogP contribution in [-0.4, -0.2) is 159 Å². The molecule has 5 unspecified atom stereocenters. The van der Waals surface area contributed by atoms with E-state index < -0.39 is 265 Å².